The minimum atomic E-state index is -0.677. The Morgan fingerprint density at radius 1 is 1.06 bits per heavy atom. The molecule has 2 aliphatic carbocycles. The van der Waals surface area contributed by atoms with Crippen molar-refractivity contribution in [2.24, 2.45) is 11.8 Å². The Balaban J connectivity index is 1.49. The molecular weight excluding hydrogens is 501 g/mol. The Bertz CT molecular complexity index is 1030. The molecule has 9 heteroatoms. The van der Waals surface area contributed by atoms with Crippen molar-refractivity contribution in [2.45, 2.75) is 76.9 Å². The number of amides is 4. The molecule has 1 heterocycles. The van der Waals surface area contributed by atoms with Gasteiger partial charge < -0.3 is 10.2 Å². The number of likely N-dealkylation sites (tertiary alicyclic amines) is 1. The predicted octanol–water partition coefficient (Wildman–Crippen LogP) is 4.50. The minimum absolute atomic E-state index is 0.0159. The highest BCUT2D eigenvalue weighted by atomic mass is 35.5. The molecule has 1 aliphatic heterocycles. The van der Waals surface area contributed by atoms with Crippen LogP contribution < -0.4 is 5.32 Å². The number of fused-ring (bicyclic) bond motifs is 1. The number of nitrogens with zero attached hydrogens (tertiary/aromatic N) is 2. The average Bonchev–Trinajstić information content (AvgIpc) is 3.46. The van der Waals surface area contributed by atoms with Gasteiger partial charge in [0, 0.05) is 25.6 Å². The molecule has 0 spiro atoms. The molecule has 1 saturated carbocycles. The average molecular weight is 534 g/mol. The Morgan fingerprint density at radius 3 is 2.28 bits per heavy atom. The predicted molar refractivity (Wildman–Crippen MR) is 138 cm³/mol. The van der Waals surface area contributed by atoms with Crippen molar-refractivity contribution in [3.63, 3.8) is 0 Å². The van der Waals surface area contributed by atoms with E-state index in [4.69, 9.17) is 23.2 Å². The third-order valence-electron chi connectivity index (χ3n) is 7.57. The molecule has 7 nitrogen and oxygen atoms in total. The molecule has 1 N–H and O–H groups in total. The number of nitrogens with one attached hydrogen (secondary N) is 1. The van der Waals surface area contributed by atoms with Gasteiger partial charge in [0.2, 0.25) is 23.6 Å². The normalized spacial score (nSPS) is 22.6. The first kappa shape index (κ1) is 26.7. The van der Waals surface area contributed by atoms with Gasteiger partial charge in [0.25, 0.3) is 0 Å². The molecule has 0 bridgehead atoms. The first-order chi connectivity index (χ1) is 17.3. The van der Waals surface area contributed by atoms with E-state index in [1.807, 2.05) is 19.1 Å². The maximum atomic E-state index is 13.6. The summed E-state index contributed by atoms with van der Waals surface area (Å²) < 4.78 is 0. The lowest BCUT2D eigenvalue weighted by Gasteiger charge is -2.32. The summed E-state index contributed by atoms with van der Waals surface area (Å²) in [5.41, 5.74) is 0.746. The topological polar surface area (TPSA) is 86.8 Å². The summed E-state index contributed by atoms with van der Waals surface area (Å²) in [6.07, 6.45) is 9.45. The Labute approximate surface area is 222 Å². The second kappa shape index (κ2) is 11.8. The lowest BCUT2D eigenvalue weighted by atomic mass is 9.85. The number of imide groups is 1. The van der Waals surface area contributed by atoms with Crippen molar-refractivity contribution in [2.75, 3.05) is 6.54 Å². The number of rotatable bonds is 9. The van der Waals surface area contributed by atoms with Gasteiger partial charge in [-0.05, 0) is 49.8 Å². The Hall–Kier alpha value is -2.38. The summed E-state index contributed by atoms with van der Waals surface area (Å²) in [5.74, 6) is -1.53. The highest BCUT2D eigenvalue weighted by Crippen LogP contribution is 2.35. The lowest BCUT2D eigenvalue weighted by Crippen LogP contribution is -2.51. The van der Waals surface area contributed by atoms with Crippen LogP contribution in [0.15, 0.2) is 30.4 Å². The highest BCUT2D eigenvalue weighted by Gasteiger charge is 2.47. The van der Waals surface area contributed by atoms with Gasteiger partial charge in [0.15, 0.2) is 0 Å². The summed E-state index contributed by atoms with van der Waals surface area (Å²) in [5, 5.41) is 3.89. The molecular formula is C27H33Cl2N3O4. The van der Waals surface area contributed by atoms with E-state index in [1.54, 1.807) is 23.1 Å². The largest absolute Gasteiger partial charge is 0.352 e. The summed E-state index contributed by atoms with van der Waals surface area (Å²) >= 11 is 12.3. The minimum Gasteiger partial charge on any atom is -0.352 e. The van der Waals surface area contributed by atoms with Crippen molar-refractivity contribution in [1.29, 1.82) is 0 Å². The molecule has 0 radical (unpaired) electrons. The van der Waals surface area contributed by atoms with E-state index < -0.39 is 6.04 Å². The molecule has 1 aromatic rings. The van der Waals surface area contributed by atoms with Crippen LogP contribution in [0.4, 0.5) is 0 Å². The van der Waals surface area contributed by atoms with Crippen LogP contribution in [0.2, 0.25) is 10.0 Å². The fourth-order valence-corrected chi connectivity index (χ4v) is 5.88. The Kier molecular flexibility index (Phi) is 8.73. The maximum absolute atomic E-state index is 13.6. The van der Waals surface area contributed by atoms with Crippen LogP contribution in [-0.2, 0) is 25.7 Å². The number of hydrogen-bond donors (Lipinski definition) is 1. The monoisotopic (exact) mass is 533 g/mol. The summed E-state index contributed by atoms with van der Waals surface area (Å²) in [6.45, 7) is 2.06. The van der Waals surface area contributed by atoms with Crippen LogP contribution >= 0.6 is 23.2 Å². The SMILES string of the molecule is CC[C@H](C(=O)NC1CCCC1)N(Cc1ccc(Cl)c(Cl)c1)C(=O)CCN1C(=O)[C@H]2CC=CC[C@H]2C1=O. The molecule has 0 unspecified atom stereocenters. The smallest absolute Gasteiger partial charge is 0.243 e. The van der Waals surface area contributed by atoms with Gasteiger partial charge in [-0.15, -0.1) is 0 Å². The number of benzene rings is 1. The first-order valence-corrected chi connectivity index (χ1v) is 13.6. The third kappa shape index (κ3) is 5.78. The quantitative estimate of drug-likeness (QED) is 0.374. The highest BCUT2D eigenvalue weighted by molar-refractivity contribution is 6.42. The van der Waals surface area contributed by atoms with E-state index in [2.05, 4.69) is 5.32 Å². The summed E-state index contributed by atoms with van der Waals surface area (Å²) in [4.78, 5) is 55.3. The van der Waals surface area contributed by atoms with Crippen LogP contribution in [0.1, 0.15) is 63.9 Å². The maximum Gasteiger partial charge on any atom is 0.243 e. The van der Waals surface area contributed by atoms with E-state index in [1.165, 1.54) is 4.90 Å². The molecule has 194 valence electrons. The molecule has 0 aromatic heterocycles. The van der Waals surface area contributed by atoms with Crippen LogP contribution in [0.25, 0.3) is 0 Å². The van der Waals surface area contributed by atoms with Crippen molar-refractivity contribution in [3.8, 4) is 0 Å². The van der Waals surface area contributed by atoms with Crippen molar-refractivity contribution >= 4 is 46.8 Å². The lowest BCUT2D eigenvalue weighted by molar-refractivity contribution is -0.144. The molecule has 36 heavy (non-hydrogen) atoms. The van der Waals surface area contributed by atoms with Crippen LogP contribution in [-0.4, -0.2) is 52.1 Å². The molecule has 2 fully saturated rings. The molecule has 1 aromatic carbocycles. The standard InChI is InChI=1S/C27H33Cl2N3O4/c1-2-23(25(34)30-18-7-3-4-8-18)32(16-17-11-12-21(28)22(29)15-17)24(33)13-14-31-26(35)19-9-5-6-10-20(19)27(31)36/h5-6,11-12,15,18-20,23H,2-4,7-10,13-14,16H2,1H3,(H,30,34)/t19-,20+,23-/m1/s1. The number of hydrogen-bond acceptors (Lipinski definition) is 4. The zero-order chi connectivity index (χ0) is 25.8. The van der Waals surface area contributed by atoms with Crippen molar-refractivity contribution in [1.82, 2.24) is 15.1 Å². The van der Waals surface area contributed by atoms with Crippen LogP contribution in [0.3, 0.4) is 0 Å². The second-order valence-corrected chi connectivity index (χ2v) is 10.7. The van der Waals surface area contributed by atoms with Crippen molar-refractivity contribution < 1.29 is 19.2 Å². The number of carbonyl (C=O) groups excluding carboxylic acids is 4. The van der Waals surface area contributed by atoms with Gasteiger partial charge in [0.1, 0.15) is 6.04 Å². The van der Waals surface area contributed by atoms with Gasteiger partial charge in [-0.2, -0.15) is 0 Å². The van der Waals surface area contributed by atoms with Crippen LogP contribution in [0.5, 0.6) is 0 Å². The van der Waals surface area contributed by atoms with Gasteiger partial charge in [-0.3, -0.25) is 24.1 Å². The fourth-order valence-electron chi connectivity index (χ4n) is 5.56. The fraction of sp³-hybridized carbons (Fsp3) is 0.556. The van der Waals surface area contributed by atoms with E-state index >= 15 is 0 Å². The van der Waals surface area contributed by atoms with Crippen molar-refractivity contribution in [3.05, 3.63) is 46.0 Å². The summed E-state index contributed by atoms with van der Waals surface area (Å²) in [6, 6.07) is 4.59. The van der Waals surface area contributed by atoms with Gasteiger partial charge >= 0.3 is 0 Å². The van der Waals surface area contributed by atoms with E-state index in [9.17, 15) is 19.2 Å². The van der Waals surface area contributed by atoms with E-state index in [-0.39, 0.29) is 61.0 Å². The molecule has 4 amide bonds. The zero-order valence-corrected chi connectivity index (χ0v) is 22.1. The summed E-state index contributed by atoms with van der Waals surface area (Å²) in [7, 11) is 0. The number of carbonyl (C=O) groups is 4. The molecule has 1 saturated heterocycles. The van der Waals surface area contributed by atoms with Gasteiger partial charge in [-0.25, -0.2) is 0 Å². The van der Waals surface area contributed by atoms with Gasteiger partial charge in [-0.1, -0.05) is 61.2 Å². The number of halogens is 2. The third-order valence-corrected chi connectivity index (χ3v) is 8.31. The zero-order valence-electron chi connectivity index (χ0n) is 20.6. The Morgan fingerprint density at radius 2 is 1.69 bits per heavy atom. The first-order valence-electron chi connectivity index (χ1n) is 12.8. The van der Waals surface area contributed by atoms with E-state index in [0.717, 1.165) is 31.2 Å². The molecule has 3 atom stereocenters. The van der Waals surface area contributed by atoms with Crippen LogP contribution in [0, 0.1) is 11.8 Å². The van der Waals surface area contributed by atoms with E-state index in [0.29, 0.717) is 29.3 Å². The molecule has 3 aliphatic rings. The van der Waals surface area contributed by atoms with Gasteiger partial charge in [0.05, 0.1) is 21.9 Å². The number of allylic oxidation sites excluding steroid dienone is 2. The second-order valence-electron chi connectivity index (χ2n) is 9.92. The molecule has 4 rings (SSSR count).